The van der Waals surface area contributed by atoms with E-state index in [2.05, 4.69) is 5.32 Å². The predicted octanol–water partition coefficient (Wildman–Crippen LogP) is -0.0786. The number of anilines is 1. The van der Waals surface area contributed by atoms with Gasteiger partial charge in [0.05, 0.1) is 13.5 Å². The van der Waals surface area contributed by atoms with Crippen LogP contribution in [-0.2, 0) is 25.6 Å². The number of hydrogen-bond donors (Lipinski definition) is 2. The summed E-state index contributed by atoms with van der Waals surface area (Å²) >= 11 is 0. The molecular formula is C8H12BN3OV. The van der Waals surface area contributed by atoms with E-state index in [-0.39, 0.29) is 24.5 Å². The van der Waals surface area contributed by atoms with Gasteiger partial charge in [0.2, 0.25) is 0 Å². The van der Waals surface area contributed by atoms with E-state index in [1.807, 2.05) is 0 Å². The van der Waals surface area contributed by atoms with Gasteiger partial charge in [0, 0.05) is 38.3 Å². The first kappa shape index (κ1) is 13.2. The molecule has 1 heterocycles. The number of hydrogen-bond acceptors (Lipinski definition) is 2. The smallest absolute Gasteiger partial charge is 0.267 e. The van der Waals surface area contributed by atoms with E-state index in [1.165, 1.54) is 0 Å². The fraction of sp³-hybridized carbons (Fsp3) is 0.375. The average molecular weight is 228 g/mol. The summed E-state index contributed by atoms with van der Waals surface area (Å²) in [5.74, 6) is -0.148. The number of aryl methyl sites for hydroxylation is 1. The molecule has 0 aliphatic carbocycles. The average Bonchev–Trinajstić information content (AvgIpc) is 2.41. The molecule has 0 aromatic carbocycles. The van der Waals surface area contributed by atoms with Gasteiger partial charge < -0.3 is 15.6 Å². The standard InChI is InChI=1S/C8H12BN3O.V/c1-12-5-6(10)4-7(12)8(13)11-3-2-9;/h4-5H,2-3,10H2,1H3,(H,11,13);. The number of amides is 1. The molecule has 0 atom stereocenters. The molecule has 0 fully saturated rings. The molecule has 0 saturated carbocycles. The molecule has 0 bridgehead atoms. The molecule has 0 spiro atoms. The van der Waals surface area contributed by atoms with Crippen LogP contribution in [0.25, 0.3) is 0 Å². The maximum Gasteiger partial charge on any atom is 0.267 e. The van der Waals surface area contributed by atoms with Crippen molar-refractivity contribution in [2.45, 2.75) is 6.32 Å². The van der Waals surface area contributed by atoms with Crippen LogP contribution in [0.3, 0.4) is 0 Å². The van der Waals surface area contributed by atoms with Gasteiger partial charge in [0.15, 0.2) is 0 Å². The van der Waals surface area contributed by atoms with E-state index in [0.717, 1.165) is 0 Å². The van der Waals surface area contributed by atoms with E-state index in [4.69, 9.17) is 13.6 Å². The Bertz CT molecular complexity index is 314. The number of nitrogens with zero attached hydrogens (tertiary/aromatic N) is 1. The van der Waals surface area contributed by atoms with Crippen molar-refractivity contribution in [1.82, 2.24) is 9.88 Å². The van der Waals surface area contributed by atoms with Gasteiger partial charge in [-0.25, -0.2) is 0 Å². The van der Waals surface area contributed by atoms with E-state index < -0.39 is 0 Å². The van der Waals surface area contributed by atoms with Crippen LogP contribution in [0.4, 0.5) is 5.69 Å². The SMILES string of the molecule is [B]CCNC(=O)c1cc(N)cn1C.[V]. The molecule has 3 radical (unpaired) electrons. The largest absolute Gasteiger partial charge is 0.397 e. The third-order valence-corrected chi connectivity index (χ3v) is 1.69. The van der Waals surface area contributed by atoms with Crippen LogP contribution in [0, 0.1) is 0 Å². The second-order valence-electron chi connectivity index (χ2n) is 2.81. The molecule has 1 aromatic heterocycles. The molecule has 73 valence electrons. The second kappa shape index (κ2) is 5.83. The summed E-state index contributed by atoms with van der Waals surface area (Å²) in [6, 6.07) is 1.63. The van der Waals surface area contributed by atoms with E-state index in [9.17, 15) is 4.79 Å². The Morgan fingerprint density at radius 1 is 1.71 bits per heavy atom. The van der Waals surface area contributed by atoms with Crippen molar-refractivity contribution in [3.05, 3.63) is 18.0 Å². The van der Waals surface area contributed by atoms with Gasteiger partial charge in [-0.05, 0) is 6.07 Å². The first-order valence-electron chi connectivity index (χ1n) is 4.05. The van der Waals surface area contributed by atoms with Gasteiger partial charge in [-0.1, -0.05) is 6.32 Å². The Hall–Kier alpha value is -0.801. The Kier molecular flexibility index (Phi) is 5.50. The Labute approximate surface area is 96.5 Å². The van der Waals surface area contributed by atoms with Crippen molar-refractivity contribution >= 4 is 19.4 Å². The predicted molar refractivity (Wildman–Crippen MR) is 52.7 cm³/mol. The van der Waals surface area contributed by atoms with Crippen molar-refractivity contribution in [3.63, 3.8) is 0 Å². The number of nitrogens with two attached hydrogens (primary N) is 1. The summed E-state index contributed by atoms with van der Waals surface area (Å²) < 4.78 is 1.68. The number of rotatable bonds is 3. The minimum atomic E-state index is -0.148. The molecule has 4 nitrogen and oxygen atoms in total. The van der Waals surface area contributed by atoms with Crippen LogP contribution in [0.2, 0.25) is 6.32 Å². The Morgan fingerprint density at radius 3 is 2.79 bits per heavy atom. The normalized spacial score (nSPS) is 9.21. The molecule has 0 unspecified atom stereocenters. The van der Waals surface area contributed by atoms with Crippen molar-refractivity contribution in [2.75, 3.05) is 12.3 Å². The van der Waals surface area contributed by atoms with E-state index in [0.29, 0.717) is 24.2 Å². The van der Waals surface area contributed by atoms with Crippen LogP contribution in [0.5, 0.6) is 0 Å². The van der Waals surface area contributed by atoms with Crippen molar-refractivity contribution in [2.24, 2.45) is 7.05 Å². The summed E-state index contributed by atoms with van der Waals surface area (Å²) in [5, 5.41) is 2.66. The van der Waals surface area contributed by atoms with Crippen LogP contribution in [-0.4, -0.2) is 24.9 Å². The van der Waals surface area contributed by atoms with Crippen LogP contribution in [0.15, 0.2) is 12.3 Å². The monoisotopic (exact) mass is 228 g/mol. The van der Waals surface area contributed by atoms with Crippen LogP contribution < -0.4 is 11.1 Å². The quantitative estimate of drug-likeness (QED) is 0.711. The molecule has 1 rings (SSSR count). The first-order valence-corrected chi connectivity index (χ1v) is 4.05. The van der Waals surface area contributed by atoms with Crippen molar-refractivity contribution in [1.29, 1.82) is 0 Å². The second-order valence-corrected chi connectivity index (χ2v) is 2.81. The maximum atomic E-state index is 11.4. The Balaban J connectivity index is 0.00000169. The minimum Gasteiger partial charge on any atom is -0.397 e. The molecule has 14 heavy (non-hydrogen) atoms. The van der Waals surface area contributed by atoms with E-state index in [1.54, 1.807) is 23.9 Å². The topological polar surface area (TPSA) is 60.1 Å². The molecular weight excluding hydrogens is 216 g/mol. The summed E-state index contributed by atoms with van der Waals surface area (Å²) in [7, 11) is 7.02. The fourth-order valence-corrected chi connectivity index (χ4v) is 1.09. The third kappa shape index (κ3) is 3.16. The first-order chi connectivity index (χ1) is 6.15. The van der Waals surface area contributed by atoms with Gasteiger partial charge in [-0.15, -0.1) is 0 Å². The van der Waals surface area contributed by atoms with Gasteiger partial charge in [-0.3, -0.25) is 4.79 Å². The summed E-state index contributed by atoms with van der Waals surface area (Å²) in [6.45, 7) is 0.476. The summed E-state index contributed by atoms with van der Waals surface area (Å²) in [4.78, 5) is 11.4. The third-order valence-electron chi connectivity index (χ3n) is 1.69. The fourth-order valence-electron chi connectivity index (χ4n) is 1.09. The number of nitrogens with one attached hydrogen (secondary N) is 1. The van der Waals surface area contributed by atoms with Crippen LogP contribution >= 0.6 is 0 Å². The molecule has 6 heteroatoms. The van der Waals surface area contributed by atoms with Gasteiger partial charge in [0.25, 0.3) is 5.91 Å². The zero-order chi connectivity index (χ0) is 9.84. The number of nitrogen functional groups attached to an aromatic ring is 1. The zero-order valence-corrected chi connectivity index (χ0v) is 9.42. The van der Waals surface area contributed by atoms with Gasteiger partial charge in [0.1, 0.15) is 5.69 Å². The maximum absolute atomic E-state index is 11.4. The van der Waals surface area contributed by atoms with Crippen molar-refractivity contribution in [3.8, 4) is 0 Å². The number of carbonyl (C=O) groups excluding carboxylic acids is 1. The molecule has 0 aliphatic heterocycles. The van der Waals surface area contributed by atoms with E-state index >= 15 is 0 Å². The molecule has 1 aromatic rings. The molecule has 1 amide bonds. The Morgan fingerprint density at radius 2 is 2.36 bits per heavy atom. The van der Waals surface area contributed by atoms with Gasteiger partial charge in [-0.2, -0.15) is 0 Å². The molecule has 0 saturated heterocycles. The van der Waals surface area contributed by atoms with Crippen LogP contribution in [0.1, 0.15) is 10.5 Å². The zero-order valence-electron chi connectivity index (χ0n) is 8.03. The van der Waals surface area contributed by atoms with Gasteiger partial charge >= 0.3 is 0 Å². The molecule has 3 N–H and O–H groups in total. The summed E-state index contributed by atoms with van der Waals surface area (Å²) in [5.41, 5.74) is 6.65. The minimum absolute atomic E-state index is 0. The van der Waals surface area contributed by atoms with Crippen molar-refractivity contribution < 1.29 is 23.4 Å². The number of carbonyl (C=O) groups is 1. The number of aromatic nitrogens is 1. The molecule has 0 aliphatic rings. The summed E-state index contributed by atoms with van der Waals surface area (Å²) in [6.07, 6.45) is 2.13.